The van der Waals surface area contributed by atoms with Gasteiger partial charge in [0.2, 0.25) is 0 Å². The third kappa shape index (κ3) is 2.46. The van der Waals surface area contributed by atoms with Gasteiger partial charge in [0.25, 0.3) is 0 Å². The van der Waals surface area contributed by atoms with Gasteiger partial charge >= 0.3 is 0 Å². The summed E-state index contributed by atoms with van der Waals surface area (Å²) >= 11 is 0. The van der Waals surface area contributed by atoms with Crippen molar-refractivity contribution in [2.24, 2.45) is 5.73 Å². The van der Waals surface area contributed by atoms with E-state index < -0.39 is 0 Å². The van der Waals surface area contributed by atoms with Crippen molar-refractivity contribution >= 4 is 11.0 Å². The fourth-order valence-corrected chi connectivity index (χ4v) is 3.12. The Balaban J connectivity index is 1.88. The molecule has 0 bridgehead atoms. The second-order valence-corrected chi connectivity index (χ2v) is 5.45. The number of ether oxygens (including phenoxy) is 1. The van der Waals surface area contributed by atoms with E-state index in [1.165, 1.54) is 10.9 Å². The number of hydrogen-bond donors (Lipinski definition) is 1. The summed E-state index contributed by atoms with van der Waals surface area (Å²) in [6, 6.07) is 8.88. The maximum atomic E-state index is 6.05. The summed E-state index contributed by atoms with van der Waals surface area (Å²) in [5.41, 5.74) is 8.17. The topological polar surface area (TPSA) is 51.6 Å². The first kappa shape index (κ1) is 13.6. The first-order valence-corrected chi connectivity index (χ1v) is 7.27. The van der Waals surface area contributed by atoms with Crippen LogP contribution in [0.15, 0.2) is 34.9 Å². The minimum Gasteiger partial charge on any atom is -0.464 e. The van der Waals surface area contributed by atoms with Crippen LogP contribution in [0.4, 0.5) is 0 Å². The first-order valence-electron chi connectivity index (χ1n) is 7.27. The van der Waals surface area contributed by atoms with Crippen LogP contribution in [0.25, 0.3) is 11.0 Å². The van der Waals surface area contributed by atoms with Gasteiger partial charge in [0, 0.05) is 36.8 Å². The Labute approximate surface area is 119 Å². The zero-order valence-corrected chi connectivity index (χ0v) is 11.9. The number of furan rings is 1. The number of benzene rings is 1. The summed E-state index contributed by atoms with van der Waals surface area (Å²) in [4.78, 5) is 2.39. The average molecular weight is 274 g/mol. The van der Waals surface area contributed by atoms with Crippen LogP contribution in [0.5, 0.6) is 0 Å². The fourth-order valence-electron chi connectivity index (χ4n) is 3.12. The fraction of sp³-hybridized carbons (Fsp3) is 0.500. The molecule has 1 saturated heterocycles. The van der Waals surface area contributed by atoms with Gasteiger partial charge < -0.3 is 14.9 Å². The molecule has 1 fully saturated rings. The maximum absolute atomic E-state index is 6.05. The molecule has 1 atom stereocenters. The van der Waals surface area contributed by atoms with Crippen molar-refractivity contribution in [3.63, 3.8) is 0 Å². The van der Waals surface area contributed by atoms with E-state index in [0.29, 0.717) is 12.6 Å². The third-order valence-electron chi connectivity index (χ3n) is 4.35. The second-order valence-electron chi connectivity index (χ2n) is 5.45. The van der Waals surface area contributed by atoms with E-state index in [4.69, 9.17) is 14.9 Å². The molecule has 3 rings (SSSR count). The predicted molar refractivity (Wildman–Crippen MR) is 79.6 cm³/mol. The number of likely N-dealkylation sites (N-methyl/N-ethyl adjacent to an activating group) is 1. The maximum Gasteiger partial charge on any atom is 0.134 e. The highest BCUT2D eigenvalue weighted by Crippen LogP contribution is 2.31. The molecule has 1 aromatic carbocycles. The van der Waals surface area contributed by atoms with Crippen molar-refractivity contribution in [3.05, 3.63) is 36.1 Å². The van der Waals surface area contributed by atoms with E-state index in [-0.39, 0.29) is 6.04 Å². The van der Waals surface area contributed by atoms with Crippen LogP contribution in [0.3, 0.4) is 0 Å². The molecule has 4 heteroatoms. The molecule has 1 aliphatic rings. The van der Waals surface area contributed by atoms with Gasteiger partial charge in [-0.15, -0.1) is 0 Å². The molecule has 108 valence electrons. The van der Waals surface area contributed by atoms with E-state index >= 15 is 0 Å². The number of fused-ring (bicyclic) bond motifs is 1. The van der Waals surface area contributed by atoms with Crippen LogP contribution in [0.1, 0.15) is 24.4 Å². The SMILES string of the molecule is CN(C1CCOCC1)C(CN)c1coc2ccccc12. The first-order chi connectivity index (χ1) is 9.81. The molecule has 1 unspecified atom stereocenters. The molecule has 0 radical (unpaired) electrons. The lowest BCUT2D eigenvalue weighted by Gasteiger charge is -2.36. The normalized spacial score (nSPS) is 18.8. The van der Waals surface area contributed by atoms with Gasteiger partial charge in [-0.3, -0.25) is 4.90 Å². The molecule has 4 nitrogen and oxygen atoms in total. The van der Waals surface area contributed by atoms with Gasteiger partial charge in [-0.05, 0) is 26.0 Å². The van der Waals surface area contributed by atoms with Crippen molar-refractivity contribution in [2.45, 2.75) is 24.9 Å². The molecule has 2 heterocycles. The van der Waals surface area contributed by atoms with Gasteiger partial charge in [0.05, 0.1) is 12.3 Å². The highest BCUT2D eigenvalue weighted by molar-refractivity contribution is 5.81. The lowest BCUT2D eigenvalue weighted by molar-refractivity contribution is 0.0295. The van der Waals surface area contributed by atoms with Crippen LogP contribution in [0.2, 0.25) is 0 Å². The molecular formula is C16H22N2O2. The summed E-state index contributed by atoms with van der Waals surface area (Å²) in [7, 11) is 2.16. The quantitative estimate of drug-likeness (QED) is 0.931. The molecule has 1 aliphatic heterocycles. The lowest BCUT2D eigenvalue weighted by Crippen LogP contribution is -2.41. The van der Waals surface area contributed by atoms with Crippen LogP contribution in [-0.4, -0.2) is 37.7 Å². The highest BCUT2D eigenvalue weighted by atomic mass is 16.5. The monoisotopic (exact) mass is 274 g/mol. The minimum atomic E-state index is 0.196. The number of nitrogens with zero attached hydrogens (tertiary/aromatic N) is 1. The van der Waals surface area contributed by atoms with Crippen molar-refractivity contribution < 1.29 is 9.15 Å². The number of hydrogen-bond acceptors (Lipinski definition) is 4. The Hall–Kier alpha value is -1.36. The van der Waals surface area contributed by atoms with Crippen LogP contribution in [-0.2, 0) is 4.74 Å². The van der Waals surface area contributed by atoms with E-state index in [9.17, 15) is 0 Å². The summed E-state index contributed by atoms with van der Waals surface area (Å²) < 4.78 is 11.1. The Kier molecular flexibility index (Phi) is 4.05. The number of nitrogens with two attached hydrogens (primary N) is 1. The smallest absolute Gasteiger partial charge is 0.134 e. The van der Waals surface area contributed by atoms with E-state index in [1.54, 1.807) is 0 Å². The Morgan fingerprint density at radius 1 is 1.30 bits per heavy atom. The highest BCUT2D eigenvalue weighted by Gasteiger charge is 2.27. The standard InChI is InChI=1S/C16H22N2O2/c1-18(12-6-8-19-9-7-12)15(10-17)14-11-20-16-5-3-2-4-13(14)16/h2-5,11-12,15H,6-10,17H2,1H3. The number of rotatable bonds is 4. The zero-order valence-electron chi connectivity index (χ0n) is 11.9. The van der Waals surface area contributed by atoms with E-state index in [1.807, 2.05) is 24.5 Å². The van der Waals surface area contributed by atoms with E-state index in [2.05, 4.69) is 18.0 Å². The second kappa shape index (κ2) is 5.95. The van der Waals surface area contributed by atoms with Gasteiger partial charge in [0.1, 0.15) is 5.58 Å². The molecule has 0 saturated carbocycles. The van der Waals surface area contributed by atoms with Gasteiger partial charge in [-0.2, -0.15) is 0 Å². The summed E-state index contributed by atoms with van der Waals surface area (Å²) in [5.74, 6) is 0. The number of para-hydroxylation sites is 1. The molecule has 2 N–H and O–H groups in total. The Morgan fingerprint density at radius 2 is 2.05 bits per heavy atom. The zero-order chi connectivity index (χ0) is 13.9. The third-order valence-corrected chi connectivity index (χ3v) is 4.35. The molecule has 0 amide bonds. The van der Waals surface area contributed by atoms with Crippen molar-refractivity contribution in [1.29, 1.82) is 0 Å². The lowest BCUT2D eigenvalue weighted by atomic mass is 10.00. The van der Waals surface area contributed by atoms with Crippen molar-refractivity contribution in [3.8, 4) is 0 Å². The van der Waals surface area contributed by atoms with Crippen molar-refractivity contribution in [2.75, 3.05) is 26.8 Å². The molecule has 0 aliphatic carbocycles. The summed E-state index contributed by atoms with van der Waals surface area (Å²) in [6.45, 7) is 2.29. The van der Waals surface area contributed by atoms with Crippen LogP contribution < -0.4 is 5.73 Å². The Bertz CT molecular complexity index is 560. The molecule has 0 spiro atoms. The summed E-state index contributed by atoms with van der Waals surface area (Å²) in [5, 5.41) is 1.17. The van der Waals surface area contributed by atoms with Crippen LogP contribution in [0, 0.1) is 0 Å². The largest absolute Gasteiger partial charge is 0.464 e. The Morgan fingerprint density at radius 3 is 2.80 bits per heavy atom. The minimum absolute atomic E-state index is 0.196. The average Bonchev–Trinajstić information content (AvgIpc) is 2.93. The molecule has 2 aromatic rings. The van der Waals surface area contributed by atoms with Gasteiger partial charge in [-0.25, -0.2) is 0 Å². The van der Waals surface area contributed by atoms with Gasteiger partial charge in [0.15, 0.2) is 0 Å². The van der Waals surface area contributed by atoms with E-state index in [0.717, 1.165) is 31.6 Å². The summed E-state index contributed by atoms with van der Waals surface area (Å²) in [6.07, 6.45) is 4.00. The van der Waals surface area contributed by atoms with Crippen molar-refractivity contribution in [1.82, 2.24) is 4.90 Å². The van der Waals surface area contributed by atoms with Crippen LogP contribution >= 0.6 is 0 Å². The molecule has 20 heavy (non-hydrogen) atoms. The van der Waals surface area contributed by atoms with Gasteiger partial charge in [-0.1, -0.05) is 18.2 Å². The molecular weight excluding hydrogens is 252 g/mol. The predicted octanol–water partition coefficient (Wildman–Crippen LogP) is 2.54. The molecule has 1 aromatic heterocycles.